The molecule has 0 bridgehead atoms. The first kappa shape index (κ1) is 15.3. The number of thiazole rings is 1. The second-order valence-corrected chi connectivity index (χ2v) is 7.31. The molecule has 0 saturated carbocycles. The van der Waals surface area contributed by atoms with Crippen LogP contribution < -0.4 is 0 Å². The monoisotopic (exact) mass is 341 g/mol. The smallest absolute Gasteiger partial charge is 0.227 e. The van der Waals surface area contributed by atoms with Crippen LogP contribution in [0.25, 0.3) is 10.2 Å². The zero-order chi connectivity index (χ0) is 16.7. The van der Waals surface area contributed by atoms with Gasteiger partial charge in [0.05, 0.1) is 28.4 Å². The molecule has 1 aliphatic rings. The number of rotatable bonds is 3. The van der Waals surface area contributed by atoms with Gasteiger partial charge in [0.1, 0.15) is 10.8 Å². The van der Waals surface area contributed by atoms with Crippen molar-refractivity contribution >= 4 is 27.5 Å². The molecule has 1 fully saturated rings. The summed E-state index contributed by atoms with van der Waals surface area (Å²) in [5.74, 6) is 0.864. The Kier molecular flexibility index (Phi) is 3.84. The second kappa shape index (κ2) is 6.02. The van der Waals surface area contributed by atoms with Crippen LogP contribution in [0.3, 0.4) is 0 Å². The Hall–Kier alpha value is -2.21. The molecular weight excluding hydrogens is 322 g/mol. The molecule has 0 N–H and O–H groups in total. The van der Waals surface area contributed by atoms with Crippen molar-refractivity contribution in [2.75, 3.05) is 6.54 Å². The molecule has 0 radical (unpaired) electrons. The highest BCUT2D eigenvalue weighted by Crippen LogP contribution is 2.36. The van der Waals surface area contributed by atoms with Crippen LogP contribution in [0.4, 0.5) is 0 Å². The van der Waals surface area contributed by atoms with E-state index < -0.39 is 0 Å². The summed E-state index contributed by atoms with van der Waals surface area (Å²) < 4.78 is 6.36. The summed E-state index contributed by atoms with van der Waals surface area (Å²) in [6, 6.07) is 8.23. The molecule has 24 heavy (non-hydrogen) atoms. The Balaban J connectivity index is 1.59. The third-order valence-electron chi connectivity index (χ3n) is 4.68. The number of fused-ring (bicyclic) bond motifs is 1. The number of carbonyl (C=O) groups excluding carboxylic acids is 1. The molecular formula is C18H19N3O2S. The molecule has 1 atom stereocenters. The Morgan fingerprint density at radius 3 is 2.96 bits per heavy atom. The number of hydrogen-bond acceptors (Lipinski definition) is 5. The molecule has 1 unspecified atom stereocenters. The zero-order valence-electron chi connectivity index (χ0n) is 13.8. The number of hydrogen-bond donors (Lipinski definition) is 0. The van der Waals surface area contributed by atoms with E-state index in [0.717, 1.165) is 46.9 Å². The predicted octanol–water partition coefficient (Wildman–Crippen LogP) is 3.81. The van der Waals surface area contributed by atoms with E-state index in [1.54, 1.807) is 11.3 Å². The van der Waals surface area contributed by atoms with Crippen molar-refractivity contribution in [3.8, 4) is 0 Å². The first-order chi connectivity index (χ1) is 11.6. The molecule has 1 aliphatic heterocycles. The number of amides is 1. The molecule has 2 aromatic heterocycles. The largest absolute Gasteiger partial charge is 0.361 e. The third-order valence-corrected chi connectivity index (χ3v) is 5.82. The molecule has 0 aliphatic carbocycles. The number of benzene rings is 1. The van der Waals surface area contributed by atoms with Gasteiger partial charge >= 0.3 is 0 Å². The van der Waals surface area contributed by atoms with Crippen molar-refractivity contribution in [1.29, 1.82) is 0 Å². The summed E-state index contributed by atoms with van der Waals surface area (Å²) in [5.41, 5.74) is 2.73. The Labute approximate surface area is 144 Å². The molecule has 1 amide bonds. The molecule has 5 nitrogen and oxygen atoms in total. The average molecular weight is 341 g/mol. The highest BCUT2D eigenvalue weighted by atomic mass is 32.1. The Morgan fingerprint density at radius 2 is 2.21 bits per heavy atom. The summed E-state index contributed by atoms with van der Waals surface area (Å²) in [7, 11) is 0. The molecule has 3 heterocycles. The van der Waals surface area contributed by atoms with Gasteiger partial charge in [-0.3, -0.25) is 4.79 Å². The van der Waals surface area contributed by atoms with Crippen LogP contribution in [0.2, 0.25) is 0 Å². The summed E-state index contributed by atoms with van der Waals surface area (Å²) in [6.45, 7) is 4.54. The number of carbonyl (C=O) groups is 1. The van der Waals surface area contributed by atoms with Gasteiger partial charge in [-0.15, -0.1) is 11.3 Å². The minimum absolute atomic E-state index is 0.0929. The highest BCUT2D eigenvalue weighted by molar-refractivity contribution is 7.18. The van der Waals surface area contributed by atoms with Crippen LogP contribution in [-0.4, -0.2) is 27.5 Å². The molecule has 4 rings (SSSR count). The van der Waals surface area contributed by atoms with Crippen molar-refractivity contribution in [3.63, 3.8) is 0 Å². The predicted molar refractivity (Wildman–Crippen MR) is 93.0 cm³/mol. The van der Waals surface area contributed by atoms with Gasteiger partial charge < -0.3 is 9.42 Å². The second-order valence-electron chi connectivity index (χ2n) is 6.24. The SMILES string of the molecule is Cc1noc(C)c1CC(=O)N1CCCC1c1nc2ccccc2s1. The summed E-state index contributed by atoms with van der Waals surface area (Å²) in [5, 5.41) is 4.99. The number of aromatic nitrogens is 2. The lowest BCUT2D eigenvalue weighted by Gasteiger charge is -2.23. The standard InChI is InChI=1S/C18H19N3O2S/c1-11-13(12(2)23-20-11)10-17(22)21-9-5-7-15(21)18-19-14-6-3-4-8-16(14)24-18/h3-4,6,8,15H,5,7,9-10H2,1-2H3. The fourth-order valence-electron chi connectivity index (χ4n) is 3.36. The topological polar surface area (TPSA) is 59.2 Å². The average Bonchev–Trinajstić information content (AvgIpc) is 3.28. The maximum Gasteiger partial charge on any atom is 0.227 e. The lowest BCUT2D eigenvalue weighted by atomic mass is 10.1. The fraction of sp³-hybridized carbons (Fsp3) is 0.389. The van der Waals surface area contributed by atoms with Gasteiger partial charge in [-0.25, -0.2) is 4.98 Å². The van der Waals surface area contributed by atoms with Gasteiger partial charge in [-0.2, -0.15) is 0 Å². The minimum atomic E-state index is 0.0929. The molecule has 3 aromatic rings. The zero-order valence-corrected chi connectivity index (χ0v) is 14.6. The molecule has 1 aromatic carbocycles. The minimum Gasteiger partial charge on any atom is -0.361 e. The van der Waals surface area contributed by atoms with Gasteiger partial charge in [0.15, 0.2) is 0 Å². The number of nitrogens with zero attached hydrogens (tertiary/aromatic N) is 3. The van der Waals surface area contributed by atoms with Crippen molar-refractivity contribution in [2.45, 2.75) is 39.2 Å². The van der Waals surface area contributed by atoms with Crippen LogP contribution in [0.5, 0.6) is 0 Å². The van der Waals surface area contributed by atoms with Crippen molar-refractivity contribution in [3.05, 3.63) is 46.3 Å². The third kappa shape index (κ3) is 2.60. The van der Waals surface area contributed by atoms with Crippen LogP contribution >= 0.6 is 11.3 Å². The maximum absolute atomic E-state index is 12.8. The van der Waals surface area contributed by atoms with E-state index in [2.05, 4.69) is 11.2 Å². The van der Waals surface area contributed by atoms with Crippen LogP contribution in [0.15, 0.2) is 28.8 Å². The van der Waals surface area contributed by atoms with Gasteiger partial charge in [-0.05, 0) is 38.8 Å². The lowest BCUT2D eigenvalue weighted by Crippen LogP contribution is -2.32. The van der Waals surface area contributed by atoms with Crippen molar-refractivity contribution in [1.82, 2.24) is 15.0 Å². The quantitative estimate of drug-likeness (QED) is 0.727. The summed E-state index contributed by atoms with van der Waals surface area (Å²) >= 11 is 1.69. The molecule has 124 valence electrons. The molecule has 1 saturated heterocycles. The van der Waals surface area contributed by atoms with Crippen LogP contribution in [0, 0.1) is 13.8 Å². The summed E-state index contributed by atoms with van der Waals surface area (Å²) in [4.78, 5) is 19.6. The fourth-order valence-corrected chi connectivity index (χ4v) is 4.48. The van der Waals surface area contributed by atoms with E-state index >= 15 is 0 Å². The van der Waals surface area contributed by atoms with E-state index in [9.17, 15) is 4.79 Å². The molecule has 6 heteroatoms. The number of likely N-dealkylation sites (tertiary alicyclic amines) is 1. The lowest BCUT2D eigenvalue weighted by molar-refractivity contribution is -0.131. The van der Waals surface area contributed by atoms with E-state index in [1.165, 1.54) is 4.70 Å². The molecule has 0 spiro atoms. The van der Waals surface area contributed by atoms with E-state index in [4.69, 9.17) is 9.51 Å². The van der Waals surface area contributed by atoms with Gasteiger partial charge in [0, 0.05) is 12.1 Å². The van der Waals surface area contributed by atoms with E-state index in [0.29, 0.717) is 6.42 Å². The first-order valence-corrected chi connectivity index (χ1v) is 9.02. The van der Waals surface area contributed by atoms with Gasteiger partial charge in [0.2, 0.25) is 5.91 Å². The highest BCUT2D eigenvalue weighted by Gasteiger charge is 2.32. The Bertz CT molecular complexity index is 846. The number of para-hydroxylation sites is 1. The van der Waals surface area contributed by atoms with Crippen molar-refractivity contribution in [2.24, 2.45) is 0 Å². The number of aryl methyl sites for hydroxylation is 2. The Morgan fingerprint density at radius 1 is 1.38 bits per heavy atom. The first-order valence-electron chi connectivity index (χ1n) is 8.20. The van der Waals surface area contributed by atoms with Gasteiger partial charge in [0.25, 0.3) is 0 Å². The normalized spacial score (nSPS) is 17.8. The van der Waals surface area contributed by atoms with Crippen molar-refractivity contribution < 1.29 is 9.32 Å². The van der Waals surface area contributed by atoms with E-state index in [-0.39, 0.29) is 11.9 Å². The van der Waals surface area contributed by atoms with E-state index in [1.807, 2.05) is 36.9 Å². The van der Waals surface area contributed by atoms with Crippen LogP contribution in [0.1, 0.15) is 40.9 Å². The summed E-state index contributed by atoms with van der Waals surface area (Å²) in [6.07, 6.45) is 2.35. The van der Waals surface area contributed by atoms with Gasteiger partial charge in [-0.1, -0.05) is 17.3 Å². The maximum atomic E-state index is 12.8. The van der Waals surface area contributed by atoms with Crippen LogP contribution in [-0.2, 0) is 11.2 Å².